The summed E-state index contributed by atoms with van der Waals surface area (Å²) in [6.45, 7) is 1.64. The largest absolute Gasteiger partial charge is 0.421 e. The molecule has 1 aromatic heterocycles. The van der Waals surface area contributed by atoms with Crippen molar-refractivity contribution in [2.24, 2.45) is 0 Å². The van der Waals surface area contributed by atoms with Gasteiger partial charge in [-0.1, -0.05) is 18.2 Å². The number of benzene rings is 2. The molecule has 1 saturated heterocycles. The lowest BCUT2D eigenvalue weighted by molar-refractivity contribution is -0.137. The van der Waals surface area contributed by atoms with Gasteiger partial charge < -0.3 is 21.3 Å². The van der Waals surface area contributed by atoms with E-state index in [-0.39, 0.29) is 24.4 Å². The van der Waals surface area contributed by atoms with E-state index in [0.717, 1.165) is 19.4 Å². The van der Waals surface area contributed by atoms with Crippen molar-refractivity contribution in [3.63, 3.8) is 0 Å². The van der Waals surface area contributed by atoms with Gasteiger partial charge in [0.2, 0.25) is 5.95 Å². The molecule has 11 heteroatoms. The van der Waals surface area contributed by atoms with E-state index in [1.165, 1.54) is 24.3 Å². The van der Waals surface area contributed by atoms with Gasteiger partial charge in [-0.15, -0.1) is 0 Å². The molecule has 1 atom stereocenters. The zero-order valence-electron chi connectivity index (χ0n) is 18.6. The first-order valence-corrected chi connectivity index (χ1v) is 11.1. The fourth-order valence-electron chi connectivity index (χ4n) is 3.68. The molecule has 35 heavy (non-hydrogen) atoms. The first kappa shape index (κ1) is 24.4. The molecule has 2 aromatic carbocycles. The number of hydrogen-bond acceptors (Lipinski definition) is 6. The summed E-state index contributed by atoms with van der Waals surface area (Å²) < 4.78 is 53.5. The van der Waals surface area contributed by atoms with Gasteiger partial charge in [0, 0.05) is 36.6 Å². The van der Waals surface area contributed by atoms with Crippen LogP contribution in [0.2, 0.25) is 0 Å². The summed E-state index contributed by atoms with van der Waals surface area (Å²) in [5.74, 6) is -1.17. The second-order valence-corrected chi connectivity index (χ2v) is 8.16. The number of nitrogens with one attached hydrogen (secondary N) is 4. The van der Waals surface area contributed by atoms with Crippen LogP contribution < -0.4 is 21.3 Å². The number of carbonyl (C=O) groups is 1. The van der Waals surface area contributed by atoms with Crippen molar-refractivity contribution < 1.29 is 22.4 Å². The van der Waals surface area contributed by atoms with Gasteiger partial charge in [0.05, 0.1) is 0 Å². The number of amides is 1. The number of anilines is 3. The minimum Gasteiger partial charge on any atom is -0.365 e. The number of rotatable bonds is 7. The Bertz CT molecular complexity index is 1160. The summed E-state index contributed by atoms with van der Waals surface area (Å²) in [5.41, 5.74) is 0.407. The lowest BCUT2D eigenvalue weighted by atomic mass is 10.1. The number of halogens is 4. The van der Waals surface area contributed by atoms with E-state index >= 15 is 0 Å². The van der Waals surface area contributed by atoms with Gasteiger partial charge in [0.1, 0.15) is 17.2 Å². The number of alkyl halides is 3. The zero-order valence-corrected chi connectivity index (χ0v) is 18.6. The van der Waals surface area contributed by atoms with Crippen LogP contribution in [0.1, 0.15) is 34.3 Å². The molecular formula is C24H24F4N6O. The predicted molar refractivity (Wildman–Crippen MR) is 124 cm³/mol. The molecule has 3 aromatic rings. The summed E-state index contributed by atoms with van der Waals surface area (Å²) in [5, 5.41) is 11.7. The standard InChI is InChI=1S/C24H24F4N6O/c25-17-8-6-15(7-9-17)12-30-21-20(24(26,27)28)14-31-23(34-21)33-18-4-1-3-16(11-18)22(35)32-19-5-2-10-29-13-19/h1,3-4,6-9,11,14,19,29H,2,5,10,12-13H2,(H,32,35)(H2,30,31,33,34)/t19-/m0/s1. The highest BCUT2D eigenvalue weighted by Gasteiger charge is 2.35. The molecule has 0 radical (unpaired) electrons. The maximum absolute atomic E-state index is 13.5. The topological polar surface area (TPSA) is 91.0 Å². The third-order valence-corrected chi connectivity index (χ3v) is 5.48. The van der Waals surface area contributed by atoms with Gasteiger partial charge in [-0.3, -0.25) is 4.79 Å². The van der Waals surface area contributed by atoms with Crippen molar-refractivity contribution in [1.29, 1.82) is 0 Å². The molecule has 184 valence electrons. The molecule has 0 unspecified atom stereocenters. The van der Waals surface area contributed by atoms with E-state index in [9.17, 15) is 22.4 Å². The molecule has 1 aliphatic rings. The minimum atomic E-state index is -4.67. The Morgan fingerprint density at radius 2 is 1.94 bits per heavy atom. The van der Waals surface area contributed by atoms with Crippen LogP contribution in [0.3, 0.4) is 0 Å². The SMILES string of the molecule is O=C(N[C@H]1CCCNC1)c1cccc(Nc2ncc(C(F)(F)F)c(NCc3ccc(F)cc3)n2)c1. The van der Waals surface area contributed by atoms with Gasteiger partial charge in [0.15, 0.2) is 0 Å². The van der Waals surface area contributed by atoms with E-state index in [4.69, 9.17) is 0 Å². The van der Waals surface area contributed by atoms with Gasteiger partial charge in [0.25, 0.3) is 5.91 Å². The van der Waals surface area contributed by atoms with Crippen LogP contribution in [0.25, 0.3) is 0 Å². The third-order valence-electron chi connectivity index (χ3n) is 5.48. The number of aromatic nitrogens is 2. The number of piperidine rings is 1. The maximum atomic E-state index is 13.5. The lowest BCUT2D eigenvalue weighted by Crippen LogP contribution is -2.45. The summed E-state index contributed by atoms with van der Waals surface area (Å²) in [7, 11) is 0. The first-order chi connectivity index (χ1) is 16.8. The minimum absolute atomic E-state index is 0.00545. The van der Waals surface area contributed by atoms with Crippen molar-refractivity contribution >= 4 is 23.4 Å². The van der Waals surface area contributed by atoms with Crippen molar-refractivity contribution in [3.05, 3.63) is 77.2 Å². The summed E-state index contributed by atoms with van der Waals surface area (Å²) in [6, 6.07) is 12.0. The van der Waals surface area contributed by atoms with Gasteiger partial charge in [-0.05, 0) is 55.3 Å². The van der Waals surface area contributed by atoms with E-state index in [2.05, 4.69) is 31.2 Å². The molecule has 1 aliphatic heterocycles. The highest BCUT2D eigenvalue weighted by Crippen LogP contribution is 2.34. The fraction of sp³-hybridized carbons (Fsp3) is 0.292. The van der Waals surface area contributed by atoms with E-state index < -0.39 is 23.4 Å². The van der Waals surface area contributed by atoms with Crippen LogP contribution in [0.4, 0.5) is 35.0 Å². The average molecular weight is 488 g/mol. The summed E-state index contributed by atoms with van der Waals surface area (Å²) in [6.07, 6.45) is -2.11. The Hall–Kier alpha value is -3.73. The van der Waals surface area contributed by atoms with Crippen LogP contribution in [0.15, 0.2) is 54.7 Å². The predicted octanol–water partition coefficient (Wildman–Crippen LogP) is 4.47. The summed E-state index contributed by atoms with van der Waals surface area (Å²) >= 11 is 0. The van der Waals surface area contributed by atoms with Crippen LogP contribution in [-0.2, 0) is 12.7 Å². The average Bonchev–Trinajstić information content (AvgIpc) is 2.84. The van der Waals surface area contributed by atoms with Crippen LogP contribution >= 0.6 is 0 Å². The van der Waals surface area contributed by atoms with Gasteiger partial charge in [-0.2, -0.15) is 18.2 Å². The molecular weight excluding hydrogens is 464 g/mol. The molecule has 1 fully saturated rings. The van der Waals surface area contributed by atoms with Gasteiger partial charge in [-0.25, -0.2) is 9.37 Å². The lowest BCUT2D eigenvalue weighted by Gasteiger charge is -2.23. The Balaban J connectivity index is 1.49. The van der Waals surface area contributed by atoms with E-state index in [1.807, 2.05) is 0 Å². The molecule has 0 saturated carbocycles. The van der Waals surface area contributed by atoms with Crippen LogP contribution in [0, 0.1) is 5.82 Å². The highest BCUT2D eigenvalue weighted by molar-refractivity contribution is 5.95. The van der Waals surface area contributed by atoms with Gasteiger partial charge >= 0.3 is 6.18 Å². The fourth-order valence-corrected chi connectivity index (χ4v) is 3.68. The Kier molecular flexibility index (Phi) is 7.45. The van der Waals surface area contributed by atoms with Crippen molar-refractivity contribution in [2.45, 2.75) is 31.6 Å². The highest BCUT2D eigenvalue weighted by atomic mass is 19.4. The molecule has 2 heterocycles. The Morgan fingerprint density at radius 3 is 2.66 bits per heavy atom. The number of hydrogen-bond donors (Lipinski definition) is 4. The Morgan fingerprint density at radius 1 is 1.14 bits per heavy atom. The van der Waals surface area contributed by atoms with Crippen LogP contribution in [0.5, 0.6) is 0 Å². The normalized spacial score (nSPS) is 15.9. The molecule has 0 spiro atoms. The second kappa shape index (κ2) is 10.7. The van der Waals surface area contributed by atoms with E-state index in [1.54, 1.807) is 24.3 Å². The zero-order chi connectivity index (χ0) is 24.8. The van der Waals surface area contributed by atoms with Crippen molar-refractivity contribution in [3.8, 4) is 0 Å². The van der Waals surface area contributed by atoms with Crippen molar-refractivity contribution in [2.75, 3.05) is 23.7 Å². The molecule has 1 amide bonds. The molecule has 0 bridgehead atoms. The second-order valence-electron chi connectivity index (χ2n) is 8.16. The molecule has 7 nitrogen and oxygen atoms in total. The quantitative estimate of drug-likeness (QED) is 0.367. The first-order valence-electron chi connectivity index (χ1n) is 11.1. The number of nitrogens with zero attached hydrogens (tertiary/aromatic N) is 2. The monoisotopic (exact) mass is 488 g/mol. The third kappa shape index (κ3) is 6.66. The summed E-state index contributed by atoms with van der Waals surface area (Å²) in [4.78, 5) is 20.4. The molecule has 4 N–H and O–H groups in total. The van der Waals surface area contributed by atoms with Crippen LogP contribution in [-0.4, -0.2) is 35.0 Å². The molecule has 4 rings (SSSR count). The Labute approximate surface area is 199 Å². The molecule has 0 aliphatic carbocycles. The van der Waals surface area contributed by atoms with E-state index in [0.29, 0.717) is 29.6 Å². The smallest absolute Gasteiger partial charge is 0.365 e. The van der Waals surface area contributed by atoms with Crippen molar-refractivity contribution in [1.82, 2.24) is 20.6 Å². The number of carbonyl (C=O) groups excluding carboxylic acids is 1. The maximum Gasteiger partial charge on any atom is 0.421 e.